The molecule has 3 nitrogen and oxygen atoms in total. The lowest BCUT2D eigenvalue weighted by Gasteiger charge is -2.06. The second-order valence-corrected chi connectivity index (χ2v) is 5.77. The van der Waals surface area contributed by atoms with E-state index in [2.05, 4.69) is 4.98 Å². The molecular weight excluding hydrogens is 208 g/mol. The zero-order chi connectivity index (χ0) is 10.3. The van der Waals surface area contributed by atoms with Gasteiger partial charge < -0.3 is 10.2 Å². The third-order valence-corrected chi connectivity index (χ3v) is 4.73. The highest BCUT2D eigenvalue weighted by molar-refractivity contribution is 7.99. The van der Waals surface area contributed by atoms with Crippen LogP contribution in [0.2, 0.25) is 0 Å². The lowest BCUT2D eigenvalue weighted by Crippen LogP contribution is -2.20. The van der Waals surface area contributed by atoms with Crippen LogP contribution in [0.15, 0.2) is 10.7 Å². The van der Waals surface area contributed by atoms with Gasteiger partial charge in [-0.2, -0.15) is 11.8 Å². The summed E-state index contributed by atoms with van der Waals surface area (Å²) in [5.41, 5.74) is 7.01. The standard InChI is InChI=1S/C11H16N2OS/c12-7-11(2-3-11)10-13-9(5-14-10)8-1-4-15-6-8/h5,8H,1-4,6-7,12H2. The molecule has 15 heavy (non-hydrogen) atoms. The minimum atomic E-state index is 0.101. The minimum absolute atomic E-state index is 0.101. The summed E-state index contributed by atoms with van der Waals surface area (Å²) in [7, 11) is 0. The van der Waals surface area contributed by atoms with E-state index in [0.29, 0.717) is 12.5 Å². The fraction of sp³-hybridized carbons (Fsp3) is 0.727. The van der Waals surface area contributed by atoms with Crippen molar-refractivity contribution < 1.29 is 4.42 Å². The molecule has 82 valence electrons. The van der Waals surface area contributed by atoms with Gasteiger partial charge in [0.05, 0.1) is 11.1 Å². The molecule has 0 bridgehead atoms. The fourth-order valence-electron chi connectivity index (χ4n) is 2.14. The molecule has 0 amide bonds. The van der Waals surface area contributed by atoms with Crippen LogP contribution in [0, 0.1) is 0 Å². The smallest absolute Gasteiger partial charge is 0.201 e. The van der Waals surface area contributed by atoms with Crippen LogP contribution in [0.5, 0.6) is 0 Å². The van der Waals surface area contributed by atoms with E-state index in [-0.39, 0.29) is 5.41 Å². The first-order valence-corrected chi connectivity index (χ1v) is 6.73. The predicted octanol–water partition coefficient (Wildman–Crippen LogP) is 1.89. The molecule has 4 heteroatoms. The molecule has 2 N–H and O–H groups in total. The molecule has 2 heterocycles. The Bertz CT molecular complexity index is 353. The molecule has 1 aromatic heterocycles. The quantitative estimate of drug-likeness (QED) is 0.851. The molecule has 0 aromatic carbocycles. The molecule has 1 aromatic rings. The van der Waals surface area contributed by atoms with E-state index in [1.807, 2.05) is 18.0 Å². The molecule has 1 unspecified atom stereocenters. The highest BCUT2D eigenvalue weighted by Crippen LogP contribution is 2.47. The number of oxazole rings is 1. The summed E-state index contributed by atoms with van der Waals surface area (Å²) in [5.74, 6) is 3.95. The van der Waals surface area contributed by atoms with Crippen LogP contribution in [0.25, 0.3) is 0 Å². The molecule has 1 saturated carbocycles. The van der Waals surface area contributed by atoms with Crippen molar-refractivity contribution in [2.24, 2.45) is 5.73 Å². The van der Waals surface area contributed by atoms with E-state index in [0.717, 1.165) is 24.4 Å². The highest BCUT2D eigenvalue weighted by Gasteiger charge is 2.47. The molecule has 0 radical (unpaired) electrons. The molecule has 1 aliphatic carbocycles. The largest absolute Gasteiger partial charge is 0.448 e. The average molecular weight is 224 g/mol. The Morgan fingerprint density at radius 3 is 3.07 bits per heavy atom. The summed E-state index contributed by atoms with van der Waals surface area (Å²) in [6, 6.07) is 0. The van der Waals surface area contributed by atoms with Crippen LogP contribution in [0.1, 0.15) is 36.8 Å². The molecule has 2 fully saturated rings. The first-order chi connectivity index (χ1) is 7.34. The Balaban J connectivity index is 1.81. The lowest BCUT2D eigenvalue weighted by molar-refractivity contribution is 0.437. The first kappa shape index (κ1) is 9.73. The number of rotatable bonds is 3. The van der Waals surface area contributed by atoms with E-state index in [1.165, 1.54) is 17.9 Å². The molecule has 1 aliphatic heterocycles. The summed E-state index contributed by atoms with van der Waals surface area (Å²) < 4.78 is 5.59. The Morgan fingerprint density at radius 1 is 1.60 bits per heavy atom. The second-order valence-electron chi connectivity index (χ2n) is 4.62. The second kappa shape index (κ2) is 3.52. The summed E-state index contributed by atoms with van der Waals surface area (Å²) in [6.07, 6.45) is 5.37. The minimum Gasteiger partial charge on any atom is -0.448 e. The number of aromatic nitrogens is 1. The Morgan fingerprint density at radius 2 is 2.47 bits per heavy atom. The zero-order valence-electron chi connectivity index (χ0n) is 8.74. The van der Waals surface area contributed by atoms with Crippen molar-refractivity contribution in [2.75, 3.05) is 18.1 Å². The van der Waals surface area contributed by atoms with Crippen LogP contribution < -0.4 is 5.73 Å². The molecule has 0 spiro atoms. The zero-order valence-corrected chi connectivity index (χ0v) is 9.55. The van der Waals surface area contributed by atoms with Gasteiger partial charge in [-0.15, -0.1) is 0 Å². The summed E-state index contributed by atoms with van der Waals surface area (Å²) in [4.78, 5) is 4.64. The maximum absolute atomic E-state index is 5.76. The van der Waals surface area contributed by atoms with Gasteiger partial charge in [-0.25, -0.2) is 4.98 Å². The number of hydrogen-bond donors (Lipinski definition) is 1. The van der Waals surface area contributed by atoms with Crippen molar-refractivity contribution in [3.63, 3.8) is 0 Å². The van der Waals surface area contributed by atoms with Gasteiger partial charge in [0.1, 0.15) is 6.26 Å². The van der Waals surface area contributed by atoms with Crippen LogP contribution in [0.4, 0.5) is 0 Å². The predicted molar refractivity (Wildman–Crippen MR) is 61.2 cm³/mol. The molecular formula is C11H16N2OS. The highest BCUT2D eigenvalue weighted by atomic mass is 32.2. The van der Waals surface area contributed by atoms with E-state index in [1.54, 1.807) is 0 Å². The van der Waals surface area contributed by atoms with Gasteiger partial charge in [-0.05, 0) is 25.0 Å². The summed E-state index contributed by atoms with van der Waals surface area (Å²) in [6.45, 7) is 0.673. The normalized spacial score (nSPS) is 28.2. The van der Waals surface area contributed by atoms with Gasteiger partial charge >= 0.3 is 0 Å². The lowest BCUT2D eigenvalue weighted by atomic mass is 10.1. The van der Waals surface area contributed by atoms with Crippen molar-refractivity contribution in [3.8, 4) is 0 Å². The van der Waals surface area contributed by atoms with Crippen LogP contribution in [0.3, 0.4) is 0 Å². The molecule has 2 aliphatic rings. The van der Waals surface area contributed by atoms with Crippen molar-refractivity contribution in [2.45, 2.75) is 30.6 Å². The van der Waals surface area contributed by atoms with Crippen molar-refractivity contribution >= 4 is 11.8 Å². The Hall–Kier alpha value is -0.480. The number of nitrogens with two attached hydrogens (primary N) is 1. The van der Waals surface area contributed by atoms with Crippen molar-refractivity contribution in [3.05, 3.63) is 17.8 Å². The van der Waals surface area contributed by atoms with Crippen LogP contribution in [-0.4, -0.2) is 23.0 Å². The van der Waals surface area contributed by atoms with Gasteiger partial charge in [-0.1, -0.05) is 0 Å². The monoisotopic (exact) mass is 224 g/mol. The van der Waals surface area contributed by atoms with Gasteiger partial charge in [0.2, 0.25) is 5.89 Å². The van der Waals surface area contributed by atoms with Gasteiger partial charge in [-0.3, -0.25) is 0 Å². The maximum atomic E-state index is 5.76. The van der Waals surface area contributed by atoms with E-state index >= 15 is 0 Å². The number of thioether (sulfide) groups is 1. The van der Waals surface area contributed by atoms with Gasteiger partial charge in [0.25, 0.3) is 0 Å². The van der Waals surface area contributed by atoms with Crippen molar-refractivity contribution in [1.82, 2.24) is 4.98 Å². The van der Waals surface area contributed by atoms with Crippen LogP contribution >= 0.6 is 11.8 Å². The Kier molecular flexibility index (Phi) is 2.29. The molecule has 1 atom stereocenters. The SMILES string of the molecule is NCC1(c2nc(C3CCSC3)co2)CC1. The summed E-state index contributed by atoms with van der Waals surface area (Å²) in [5, 5.41) is 0. The van der Waals surface area contributed by atoms with E-state index in [9.17, 15) is 0 Å². The third kappa shape index (κ3) is 1.60. The topological polar surface area (TPSA) is 52.0 Å². The number of hydrogen-bond acceptors (Lipinski definition) is 4. The van der Waals surface area contributed by atoms with Gasteiger partial charge in [0, 0.05) is 18.2 Å². The first-order valence-electron chi connectivity index (χ1n) is 5.58. The van der Waals surface area contributed by atoms with Crippen LogP contribution in [-0.2, 0) is 5.41 Å². The fourth-order valence-corrected chi connectivity index (χ4v) is 3.38. The van der Waals surface area contributed by atoms with Crippen molar-refractivity contribution in [1.29, 1.82) is 0 Å². The molecule has 1 saturated heterocycles. The Labute approximate surface area is 93.8 Å². The average Bonchev–Trinajstić information content (AvgIpc) is 2.74. The molecule has 3 rings (SSSR count). The number of nitrogens with zero attached hydrogens (tertiary/aromatic N) is 1. The van der Waals surface area contributed by atoms with Gasteiger partial charge in [0.15, 0.2) is 0 Å². The maximum Gasteiger partial charge on any atom is 0.201 e. The third-order valence-electron chi connectivity index (χ3n) is 3.57. The van der Waals surface area contributed by atoms with E-state index < -0.39 is 0 Å². The van der Waals surface area contributed by atoms with E-state index in [4.69, 9.17) is 10.2 Å². The summed E-state index contributed by atoms with van der Waals surface area (Å²) >= 11 is 2.01.